The number of fused-ring (bicyclic) bond motifs is 10. The molecule has 9 rings (SSSR count). The van der Waals surface area contributed by atoms with E-state index in [1.54, 1.807) is 0 Å². The monoisotopic (exact) mass is 598 g/mol. The van der Waals surface area contributed by atoms with E-state index in [2.05, 4.69) is 160 Å². The van der Waals surface area contributed by atoms with Crippen molar-refractivity contribution in [3.63, 3.8) is 0 Å². The maximum absolute atomic E-state index is 4.33. The Morgan fingerprint density at radius 2 is 1.49 bits per heavy atom. The van der Waals surface area contributed by atoms with Gasteiger partial charge in [-0.15, -0.1) is 11.3 Å². The number of nitrogens with zero attached hydrogens (tertiary/aromatic N) is 3. The number of hydrogen-bond donors (Lipinski definition) is 1. The molecule has 3 heterocycles. The lowest BCUT2D eigenvalue weighted by molar-refractivity contribution is 0.644. The highest BCUT2D eigenvalue weighted by Gasteiger charge is 2.39. The van der Waals surface area contributed by atoms with Crippen LogP contribution in [0.25, 0.3) is 53.4 Å². The van der Waals surface area contributed by atoms with E-state index in [1.165, 1.54) is 53.2 Å². The lowest BCUT2D eigenvalue weighted by Gasteiger charge is -2.31. The van der Waals surface area contributed by atoms with Gasteiger partial charge in [0.15, 0.2) is 0 Å². The highest BCUT2D eigenvalue weighted by atomic mass is 32.1. The Balaban J connectivity index is 1.17. The molecule has 5 heteroatoms. The van der Waals surface area contributed by atoms with E-state index < -0.39 is 0 Å². The number of aliphatic imine (C=N–C) groups is 1. The van der Waals surface area contributed by atoms with Crippen LogP contribution in [0.3, 0.4) is 0 Å². The summed E-state index contributed by atoms with van der Waals surface area (Å²) in [5.41, 5.74) is 12.1. The van der Waals surface area contributed by atoms with Gasteiger partial charge in [0, 0.05) is 66.9 Å². The van der Waals surface area contributed by atoms with Crippen LogP contribution in [0.2, 0.25) is 0 Å². The average Bonchev–Trinajstić information content (AvgIpc) is 3.74. The first-order valence-corrected chi connectivity index (χ1v) is 16.2. The molecular weight excluding hydrogens is 569 g/mol. The Bertz CT molecular complexity index is 2350. The molecule has 1 aliphatic heterocycles. The van der Waals surface area contributed by atoms with Crippen molar-refractivity contribution >= 4 is 70.9 Å². The molecule has 2 aromatic heterocycles. The minimum Gasteiger partial charge on any atom is -0.309 e. The molecule has 0 saturated heterocycles. The van der Waals surface area contributed by atoms with Gasteiger partial charge >= 0.3 is 0 Å². The molecule has 2 atom stereocenters. The Morgan fingerprint density at radius 3 is 2.29 bits per heavy atom. The molecule has 45 heavy (non-hydrogen) atoms. The van der Waals surface area contributed by atoms with Crippen molar-refractivity contribution in [2.75, 3.05) is 12.1 Å². The van der Waals surface area contributed by atoms with E-state index in [0.29, 0.717) is 0 Å². The summed E-state index contributed by atoms with van der Waals surface area (Å²) in [6.07, 6.45) is 13.0. The summed E-state index contributed by atoms with van der Waals surface area (Å²) < 4.78 is 5.08. The second-order valence-corrected chi connectivity index (χ2v) is 12.7. The van der Waals surface area contributed by atoms with Crippen LogP contribution >= 0.6 is 11.3 Å². The Kier molecular flexibility index (Phi) is 6.00. The fourth-order valence-electron chi connectivity index (χ4n) is 7.23. The summed E-state index contributed by atoms with van der Waals surface area (Å²) in [7, 11) is 1.82. The molecule has 5 aromatic carbocycles. The standard InChI is InChI=1S/C40H30N4S/c1-41-24-23-33(26-11-10-12-27(25-26)43-34-17-6-2-13-28(34)29-14-3-7-18-35(29)43)42-44-36-19-8-4-16-32(36)39-37(44)22-21-31-30-15-5-9-20-38(30)45-40(31)39/h2-25,32,36,42H,1H3/b33-23-,41-24?. The van der Waals surface area contributed by atoms with Gasteiger partial charge in [0.05, 0.1) is 28.5 Å². The lowest BCUT2D eigenvalue weighted by Crippen LogP contribution is -2.43. The summed E-state index contributed by atoms with van der Waals surface area (Å²) in [6.45, 7) is 0. The number of hydrogen-bond acceptors (Lipinski definition) is 4. The van der Waals surface area contributed by atoms with Crippen LogP contribution in [-0.2, 0) is 0 Å². The summed E-state index contributed by atoms with van der Waals surface area (Å²) in [4.78, 5) is 4.33. The zero-order valence-electron chi connectivity index (χ0n) is 24.8. The molecule has 0 amide bonds. The Labute approximate surface area is 265 Å². The van der Waals surface area contributed by atoms with Gasteiger partial charge in [-0.3, -0.25) is 15.4 Å². The minimum atomic E-state index is 0.156. The van der Waals surface area contributed by atoms with Gasteiger partial charge < -0.3 is 4.57 Å². The van der Waals surface area contributed by atoms with Crippen molar-refractivity contribution in [2.24, 2.45) is 4.99 Å². The van der Waals surface area contributed by atoms with Crippen LogP contribution in [0.1, 0.15) is 17.0 Å². The summed E-state index contributed by atoms with van der Waals surface area (Å²) >= 11 is 1.91. The fraction of sp³-hybridized carbons (Fsp3) is 0.0750. The van der Waals surface area contributed by atoms with E-state index in [9.17, 15) is 0 Å². The number of benzene rings is 5. The van der Waals surface area contributed by atoms with Gasteiger partial charge in [0.25, 0.3) is 0 Å². The second-order valence-electron chi connectivity index (χ2n) is 11.6. The molecule has 2 aliphatic rings. The third-order valence-corrected chi connectivity index (χ3v) is 10.4. The van der Waals surface area contributed by atoms with Gasteiger partial charge in [-0.1, -0.05) is 97.1 Å². The number of aromatic nitrogens is 1. The van der Waals surface area contributed by atoms with E-state index in [1.807, 2.05) is 24.6 Å². The van der Waals surface area contributed by atoms with Gasteiger partial charge in [0.2, 0.25) is 0 Å². The smallest absolute Gasteiger partial charge is 0.0792 e. The van der Waals surface area contributed by atoms with Crippen molar-refractivity contribution < 1.29 is 0 Å². The highest BCUT2D eigenvalue weighted by Crippen LogP contribution is 2.50. The van der Waals surface area contributed by atoms with Crippen LogP contribution in [0.15, 0.2) is 145 Å². The number of para-hydroxylation sites is 2. The molecule has 7 aromatic rings. The largest absolute Gasteiger partial charge is 0.309 e. The molecule has 1 aliphatic carbocycles. The lowest BCUT2D eigenvalue weighted by atomic mass is 9.91. The first-order chi connectivity index (χ1) is 22.3. The zero-order valence-corrected chi connectivity index (χ0v) is 25.6. The Morgan fingerprint density at radius 1 is 0.756 bits per heavy atom. The number of rotatable bonds is 5. The minimum absolute atomic E-state index is 0.156. The third-order valence-electron chi connectivity index (χ3n) is 9.19. The number of thiophene rings is 1. The van der Waals surface area contributed by atoms with Crippen molar-refractivity contribution in [1.82, 2.24) is 9.99 Å². The summed E-state index contributed by atoms with van der Waals surface area (Å²) in [5.74, 6) is 0.263. The van der Waals surface area contributed by atoms with E-state index in [-0.39, 0.29) is 12.0 Å². The molecule has 2 unspecified atom stereocenters. The van der Waals surface area contributed by atoms with Gasteiger partial charge in [0.1, 0.15) is 0 Å². The predicted molar refractivity (Wildman–Crippen MR) is 193 cm³/mol. The molecule has 0 radical (unpaired) electrons. The van der Waals surface area contributed by atoms with E-state index >= 15 is 0 Å². The number of hydrazine groups is 1. The van der Waals surface area contributed by atoms with E-state index in [4.69, 9.17) is 0 Å². The third kappa shape index (κ3) is 4.01. The van der Waals surface area contributed by atoms with Gasteiger partial charge in [-0.05, 0) is 42.5 Å². The molecule has 0 saturated carbocycles. The quantitative estimate of drug-likeness (QED) is 0.200. The predicted octanol–water partition coefficient (Wildman–Crippen LogP) is 9.80. The molecule has 0 spiro atoms. The van der Waals surface area contributed by atoms with Crippen molar-refractivity contribution in [3.05, 3.63) is 151 Å². The van der Waals surface area contributed by atoms with Gasteiger partial charge in [-0.2, -0.15) is 0 Å². The normalized spacial score (nSPS) is 17.7. The number of allylic oxidation sites excluding steroid dienone is 3. The molecule has 4 nitrogen and oxygen atoms in total. The molecule has 1 N–H and O–H groups in total. The molecule has 216 valence electrons. The van der Waals surface area contributed by atoms with Crippen LogP contribution in [-0.4, -0.2) is 23.9 Å². The average molecular weight is 599 g/mol. The van der Waals surface area contributed by atoms with Crippen LogP contribution in [0, 0.1) is 0 Å². The van der Waals surface area contributed by atoms with Crippen LogP contribution in [0.5, 0.6) is 0 Å². The SMILES string of the molecule is CN=C/C=C(\NN1c2ccc3c(sc4ccccc43)c2C2C=CC=CC21)c1cccc(-n2c3ccccc3c3ccccc32)c1. The number of nitrogens with one attached hydrogen (secondary N) is 1. The van der Waals surface area contributed by atoms with Crippen molar-refractivity contribution in [2.45, 2.75) is 12.0 Å². The van der Waals surface area contributed by atoms with Crippen molar-refractivity contribution in [1.29, 1.82) is 0 Å². The fourth-order valence-corrected chi connectivity index (χ4v) is 8.52. The Hall–Kier alpha value is -5.39. The first kappa shape index (κ1) is 26.1. The topological polar surface area (TPSA) is 32.6 Å². The maximum atomic E-state index is 4.33. The first-order valence-electron chi connectivity index (χ1n) is 15.4. The van der Waals surface area contributed by atoms with Crippen LogP contribution in [0.4, 0.5) is 5.69 Å². The van der Waals surface area contributed by atoms with Gasteiger partial charge in [-0.25, -0.2) is 0 Å². The zero-order chi connectivity index (χ0) is 29.9. The van der Waals surface area contributed by atoms with E-state index in [0.717, 1.165) is 16.9 Å². The summed E-state index contributed by atoms with van der Waals surface area (Å²) in [5, 5.41) is 7.54. The van der Waals surface area contributed by atoms with Crippen molar-refractivity contribution in [3.8, 4) is 5.69 Å². The van der Waals surface area contributed by atoms with Crippen LogP contribution < -0.4 is 10.4 Å². The number of anilines is 1. The summed E-state index contributed by atoms with van der Waals surface area (Å²) in [6, 6.07) is 39.6. The molecular formula is C40H30N4S. The molecule has 0 bridgehead atoms. The maximum Gasteiger partial charge on any atom is 0.0792 e. The highest BCUT2D eigenvalue weighted by molar-refractivity contribution is 7.26. The second kappa shape index (κ2) is 10.4. The molecule has 0 fully saturated rings.